The van der Waals surface area contributed by atoms with Crippen LogP contribution in [-0.4, -0.2) is 25.1 Å². The molecule has 6 aromatic rings. The monoisotopic (exact) mass is 393 g/mol. The van der Waals surface area contributed by atoms with Crippen molar-refractivity contribution in [2.24, 2.45) is 0 Å². The average Bonchev–Trinajstić information content (AvgIpc) is 3.52. The number of nitrogens with zero attached hydrogens (tertiary/aromatic N) is 3. The molecule has 0 unspecified atom stereocenters. The molecular weight excluding hydrogens is 378 g/mol. The van der Waals surface area contributed by atoms with Gasteiger partial charge in [-0.1, -0.05) is 12.1 Å². The van der Waals surface area contributed by atoms with E-state index >= 15 is 0 Å². The summed E-state index contributed by atoms with van der Waals surface area (Å²) in [5, 5.41) is 12.1. The molecule has 0 radical (unpaired) electrons. The van der Waals surface area contributed by atoms with Crippen LogP contribution in [0.2, 0.25) is 0 Å². The van der Waals surface area contributed by atoms with E-state index in [4.69, 9.17) is 0 Å². The van der Waals surface area contributed by atoms with Crippen molar-refractivity contribution in [2.45, 2.75) is 0 Å². The van der Waals surface area contributed by atoms with Crippen LogP contribution in [0.3, 0.4) is 0 Å². The minimum atomic E-state index is 0.907. The Labute approximate surface area is 170 Å². The van der Waals surface area contributed by atoms with E-state index in [2.05, 4.69) is 66.9 Å². The zero-order valence-corrected chi connectivity index (χ0v) is 16.1. The van der Waals surface area contributed by atoms with Crippen molar-refractivity contribution >= 4 is 33.1 Å². The second-order valence-corrected chi connectivity index (χ2v) is 7.82. The molecule has 0 aliphatic heterocycles. The summed E-state index contributed by atoms with van der Waals surface area (Å²) < 4.78 is 0. The molecule has 0 amide bonds. The molecule has 0 fully saturated rings. The van der Waals surface area contributed by atoms with Crippen LogP contribution in [0.15, 0.2) is 78.7 Å². The lowest BCUT2D eigenvalue weighted by Gasteiger charge is -2.01. The van der Waals surface area contributed by atoms with Crippen LogP contribution in [-0.2, 0) is 0 Å². The van der Waals surface area contributed by atoms with Gasteiger partial charge in [-0.3, -0.25) is 15.1 Å². The molecule has 5 heterocycles. The standard InChI is InChI=1S/C23H15N5S/c1-2-22(29-9-1)18-12-25-13-21-16(18)11-20(26-21)23-17-10-15(3-4-19(17)27-28-23)14-5-7-24-8-6-14/h1-13,26H,(H,27,28). The highest BCUT2D eigenvalue weighted by atomic mass is 32.1. The van der Waals surface area contributed by atoms with Gasteiger partial charge in [0.15, 0.2) is 0 Å². The topological polar surface area (TPSA) is 70.2 Å². The zero-order chi connectivity index (χ0) is 19.2. The molecule has 6 heteroatoms. The predicted octanol–water partition coefficient (Wildman–Crippen LogP) is 5.90. The van der Waals surface area contributed by atoms with Gasteiger partial charge in [0.1, 0.15) is 5.69 Å². The molecule has 5 nitrogen and oxygen atoms in total. The number of hydrogen-bond acceptors (Lipinski definition) is 4. The molecule has 138 valence electrons. The summed E-state index contributed by atoms with van der Waals surface area (Å²) in [5.74, 6) is 0. The zero-order valence-electron chi connectivity index (χ0n) is 15.3. The highest BCUT2D eigenvalue weighted by Gasteiger charge is 2.14. The molecule has 29 heavy (non-hydrogen) atoms. The lowest BCUT2D eigenvalue weighted by Crippen LogP contribution is -1.81. The van der Waals surface area contributed by atoms with Crippen LogP contribution in [0, 0.1) is 0 Å². The fourth-order valence-corrected chi connectivity index (χ4v) is 4.50. The first-order valence-electron chi connectivity index (χ1n) is 9.26. The summed E-state index contributed by atoms with van der Waals surface area (Å²) in [6, 6.07) is 16.7. The molecule has 0 atom stereocenters. The van der Waals surface area contributed by atoms with E-state index in [1.807, 2.05) is 36.9 Å². The smallest absolute Gasteiger partial charge is 0.116 e. The summed E-state index contributed by atoms with van der Waals surface area (Å²) in [6.45, 7) is 0. The Balaban J connectivity index is 1.53. The van der Waals surface area contributed by atoms with Gasteiger partial charge in [0.25, 0.3) is 0 Å². The third-order valence-electron chi connectivity index (χ3n) is 5.16. The van der Waals surface area contributed by atoms with Crippen molar-refractivity contribution in [3.05, 3.63) is 78.7 Å². The second-order valence-electron chi connectivity index (χ2n) is 6.88. The van der Waals surface area contributed by atoms with Crippen LogP contribution in [0.1, 0.15) is 0 Å². The number of fused-ring (bicyclic) bond motifs is 2. The molecule has 0 bridgehead atoms. The van der Waals surface area contributed by atoms with Gasteiger partial charge in [-0.25, -0.2) is 0 Å². The van der Waals surface area contributed by atoms with E-state index < -0.39 is 0 Å². The van der Waals surface area contributed by atoms with Crippen molar-refractivity contribution < 1.29 is 0 Å². The molecule has 0 saturated heterocycles. The van der Waals surface area contributed by atoms with E-state index in [-0.39, 0.29) is 0 Å². The van der Waals surface area contributed by atoms with Gasteiger partial charge in [0, 0.05) is 39.8 Å². The molecule has 5 aromatic heterocycles. The number of benzene rings is 1. The van der Waals surface area contributed by atoms with Gasteiger partial charge >= 0.3 is 0 Å². The number of H-pyrrole nitrogens is 2. The Morgan fingerprint density at radius 2 is 1.72 bits per heavy atom. The van der Waals surface area contributed by atoms with Gasteiger partial charge in [-0.15, -0.1) is 11.3 Å². The van der Waals surface area contributed by atoms with E-state index in [0.29, 0.717) is 0 Å². The molecule has 0 aliphatic rings. The second kappa shape index (κ2) is 6.39. The first-order valence-corrected chi connectivity index (χ1v) is 10.1. The molecule has 0 spiro atoms. The number of aromatic amines is 2. The van der Waals surface area contributed by atoms with Gasteiger partial charge < -0.3 is 4.98 Å². The van der Waals surface area contributed by atoms with Crippen LogP contribution in [0.25, 0.3) is 54.8 Å². The number of rotatable bonds is 3. The number of aromatic nitrogens is 5. The molecule has 2 N–H and O–H groups in total. The molecule has 0 aliphatic carbocycles. The van der Waals surface area contributed by atoms with Gasteiger partial charge in [-0.2, -0.15) is 5.10 Å². The summed E-state index contributed by atoms with van der Waals surface area (Å²) in [7, 11) is 0. The Morgan fingerprint density at radius 1 is 0.793 bits per heavy atom. The van der Waals surface area contributed by atoms with E-state index in [1.165, 1.54) is 4.88 Å². The van der Waals surface area contributed by atoms with E-state index in [1.54, 1.807) is 11.3 Å². The van der Waals surface area contributed by atoms with Crippen molar-refractivity contribution in [3.8, 4) is 33.0 Å². The van der Waals surface area contributed by atoms with Gasteiger partial charge in [-0.05, 0) is 52.9 Å². The summed E-state index contributed by atoms with van der Waals surface area (Å²) >= 11 is 1.72. The Morgan fingerprint density at radius 3 is 2.59 bits per heavy atom. The maximum absolute atomic E-state index is 4.60. The van der Waals surface area contributed by atoms with Crippen LogP contribution in [0.4, 0.5) is 0 Å². The van der Waals surface area contributed by atoms with Gasteiger partial charge in [0.05, 0.1) is 22.9 Å². The maximum Gasteiger partial charge on any atom is 0.116 e. The van der Waals surface area contributed by atoms with Crippen LogP contribution >= 0.6 is 11.3 Å². The molecule has 0 saturated carbocycles. The molecule has 6 rings (SSSR count). The van der Waals surface area contributed by atoms with Crippen molar-refractivity contribution in [2.75, 3.05) is 0 Å². The average molecular weight is 393 g/mol. The SMILES string of the molecule is c1csc(-c2cncc3[nH]c(-c4n[nH]c5ccc(-c6ccncc6)cc45)cc23)c1. The van der Waals surface area contributed by atoms with E-state index in [0.717, 1.165) is 49.9 Å². The molecular formula is C23H15N5S. The minimum absolute atomic E-state index is 0.907. The third-order valence-corrected chi connectivity index (χ3v) is 6.07. The first-order chi connectivity index (χ1) is 14.4. The van der Waals surface area contributed by atoms with Crippen molar-refractivity contribution in [3.63, 3.8) is 0 Å². The fraction of sp³-hybridized carbons (Fsp3) is 0. The quantitative estimate of drug-likeness (QED) is 0.393. The van der Waals surface area contributed by atoms with Crippen molar-refractivity contribution in [1.82, 2.24) is 25.1 Å². The predicted molar refractivity (Wildman–Crippen MR) is 118 cm³/mol. The number of thiophene rings is 1. The highest BCUT2D eigenvalue weighted by molar-refractivity contribution is 7.13. The largest absolute Gasteiger partial charge is 0.352 e. The fourth-order valence-electron chi connectivity index (χ4n) is 3.75. The minimum Gasteiger partial charge on any atom is -0.352 e. The maximum atomic E-state index is 4.60. The summed E-state index contributed by atoms with van der Waals surface area (Å²) in [4.78, 5) is 13.2. The molecule has 1 aromatic carbocycles. The highest BCUT2D eigenvalue weighted by Crippen LogP contribution is 2.35. The van der Waals surface area contributed by atoms with E-state index in [9.17, 15) is 0 Å². The number of hydrogen-bond donors (Lipinski definition) is 2. The lowest BCUT2D eigenvalue weighted by atomic mass is 10.0. The normalized spacial score (nSPS) is 11.4. The van der Waals surface area contributed by atoms with Crippen LogP contribution < -0.4 is 0 Å². The Bertz CT molecular complexity index is 1450. The summed E-state index contributed by atoms with van der Waals surface area (Å²) in [5.41, 5.74) is 7.31. The lowest BCUT2D eigenvalue weighted by molar-refractivity contribution is 1.12. The Kier molecular flexibility index (Phi) is 3.57. The Hall–Kier alpha value is -3.77. The third kappa shape index (κ3) is 2.65. The summed E-state index contributed by atoms with van der Waals surface area (Å²) in [6.07, 6.45) is 7.42. The van der Waals surface area contributed by atoms with Crippen LogP contribution in [0.5, 0.6) is 0 Å². The first kappa shape index (κ1) is 16.2. The van der Waals surface area contributed by atoms with Crippen molar-refractivity contribution in [1.29, 1.82) is 0 Å². The van der Waals surface area contributed by atoms with Gasteiger partial charge in [0.2, 0.25) is 0 Å². The number of nitrogens with one attached hydrogen (secondary N) is 2. The number of pyridine rings is 2.